The third-order valence-corrected chi connectivity index (χ3v) is 4.06. The fourth-order valence-corrected chi connectivity index (χ4v) is 2.82. The van der Waals surface area contributed by atoms with Crippen LogP contribution in [0.25, 0.3) is 22.4 Å². The van der Waals surface area contributed by atoms with Crippen molar-refractivity contribution in [3.8, 4) is 11.5 Å². The van der Waals surface area contributed by atoms with E-state index in [2.05, 4.69) is 15.3 Å². The lowest BCUT2D eigenvalue weighted by Gasteiger charge is -2.12. The summed E-state index contributed by atoms with van der Waals surface area (Å²) in [6.45, 7) is 2.17. The zero-order chi connectivity index (χ0) is 17.2. The van der Waals surface area contributed by atoms with E-state index in [1.54, 1.807) is 24.5 Å². The number of nitrogens with one attached hydrogen (secondary N) is 1. The molecule has 5 heteroatoms. The predicted molar refractivity (Wildman–Crippen MR) is 95.7 cm³/mol. The Labute approximate surface area is 144 Å². The number of hydrogen-bond acceptors (Lipinski definition) is 4. The summed E-state index contributed by atoms with van der Waals surface area (Å²) in [7, 11) is 0. The van der Waals surface area contributed by atoms with Crippen LogP contribution in [0.3, 0.4) is 0 Å². The first-order valence-electron chi connectivity index (χ1n) is 8.00. The van der Waals surface area contributed by atoms with Gasteiger partial charge in [0.25, 0.3) is 0 Å². The standard InChI is InChI=1S/C20H16FN3O/c1-13-6-7-18(25-13)20-19(21)16(12-23-14-8-10-22-11-9-14)15-4-2-3-5-17(15)24-20/h2-11H,12H2,1H3,(H,22,23). The van der Waals surface area contributed by atoms with Crippen LogP contribution in [0, 0.1) is 12.7 Å². The highest BCUT2D eigenvalue weighted by atomic mass is 19.1. The number of para-hydroxylation sites is 1. The second-order valence-corrected chi connectivity index (χ2v) is 5.77. The lowest BCUT2D eigenvalue weighted by molar-refractivity contribution is 0.536. The highest BCUT2D eigenvalue weighted by Gasteiger charge is 2.18. The van der Waals surface area contributed by atoms with Gasteiger partial charge in [-0.3, -0.25) is 4.98 Å². The summed E-state index contributed by atoms with van der Waals surface area (Å²) in [6.07, 6.45) is 3.39. The van der Waals surface area contributed by atoms with Crippen LogP contribution in [0.5, 0.6) is 0 Å². The number of rotatable bonds is 4. The Morgan fingerprint density at radius 3 is 2.60 bits per heavy atom. The molecule has 4 aromatic rings. The topological polar surface area (TPSA) is 51.0 Å². The summed E-state index contributed by atoms with van der Waals surface area (Å²) < 4.78 is 20.8. The van der Waals surface area contributed by atoms with Gasteiger partial charge in [-0.15, -0.1) is 0 Å². The van der Waals surface area contributed by atoms with Crippen molar-refractivity contribution in [1.29, 1.82) is 0 Å². The summed E-state index contributed by atoms with van der Waals surface area (Å²) in [6, 6.07) is 14.8. The average molecular weight is 333 g/mol. The Bertz CT molecular complexity index is 1030. The second-order valence-electron chi connectivity index (χ2n) is 5.77. The van der Waals surface area contributed by atoms with Crippen LogP contribution in [-0.4, -0.2) is 9.97 Å². The fourth-order valence-electron chi connectivity index (χ4n) is 2.82. The van der Waals surface area contributed by atoms with Crippen molar-refractivity contribution in [2.24, 2.45) is 0 Å². The molecule has 0 saturated heterocycles. The molecule has 124 valence electrons. The van der Waals surface area contributed by atoms with E-state index in [1.165, 1.54) is 0 Å². The molecule has 0 bridgehead atoms. The van der Waals surface area contributed by atoms with Gasteiger partial charge in [-0.25, -0.2) is 9.37 Å². The molecule has 0 aliphatic heterocycles. The lowest BCUT2D eigenvalue weighted by atomic mass is 10.1. The number of halogens is 1. The number of furan rings is 1. The van der Waals surface area contributed by atoms with Crippen molar-refractivity contribution in [1.82, 2.24) is 9.97 Å². The normalized spacial score (nSPS) is 11.0. The van der Waals surface area contributed by atoms with Gasteiger partial charge in [0.05, 0.1) is 5.52 Å². The number of anilines is 1. The van der Waals surface area contributed by atoms with Crippen molar-refractivity contribution in [3.63, 3.8) is 0 Å². The molecular formula is C20H16FN3O. The number of aryl methyl sites for hydroxylation is 1. The Hall–Kier alpha value is -3.21. The van der Waals surface area contributed by atoms with Crippen LogP contribution < -0.4 is 5.32 Å². The summed E-state index contributed by atoms with van der Waals surface area (Å²) in [5.74, 6) is 0.793. The number of nitrogens with zero attached hydrogens (tertiary/aromatic N) is 2. The predicted octanol–water partition coefficient (Wildman–Crippen LogP) is 4.95. The smallest absolute Gasteiger partial charge is 0.158 e. The molecule has 0 saturated carbocycles. The first-order chi connectivity index (χ1) is 12.2. The maximum atomic E-state index is 15.2. The largest absolute Gasteiger partial charge is 0.460 e. The Kier molecular flexibility index (Phi) is 3.90. The zero-order valence-corrected chi connectivity index (χ0v) is 13.7. The highest BCUT2D eigenvalue weighted by molar-refractivity contribution is 5.85. The Balaban J connectivity index is 1.82. The van der Waals surface area contributed by atoms with E-state index >= 15 is 4.39 Å². The van der Waals surface area contributed by atoms with E-state index in [0.29, 0.717) is 17.9 Å². The lowest BCUT2D eigenvalue weighted by Crippen LogP contribution is -2.05. The molecule has 1 aromatic carbocycles. The molecule has 0 unspecified atom stereocenters. The summed E-state index contributed by atoms with van der Waals surface area (Å²) in [5, 5.41) is 4.03. The van der Waals surface area contributed by atoms with E-state index in [0.717, 1.165) is 22.4 Å². The molecule has 0 radical (unpaired) electrons. The molecule has 3 heterocycles. The number of fused-ring (bicyclic) bond motifs is 1. The summed E-state index contributed by atoms with van der Waals surface area (Å²) in [5.41, 5.74) is 2.41. The second kappa shape index (κ2) is 6.36. The number of benzene rings is 1. The monoisotopic (exact) mass is 333 g/mol. The zero-order valence-electron chi connectivity index (χ0n) is 13.7. The number of hydrogen-bond donors (Lipinski definition) is 1. The third-order valence-electron chi connectivity index (χ3n) is 4.06. The van der Waals surface area contributed by atoms with Crippen LogP contribution in [0.2, 0.25) is 0 Å². The number of aromatic nitrogens is 2. The molecule has 0 amide bonds. The summed E-state index contributed by atoms with van der Waals surface area (Å²) >= 11 is 0. The molecule has 25 heavy (non-hydrogen) atoms. The van der Waals surface area contributed by atoms with Crippen LogP contribution in [0.1, 0.15) is 11.3 Å². The van der Waals surface area contributed by atoms with Gasteiger partial charge in [0.15, 0.2) is 11.6 Å². The third kappa shape index (κ3) is 2.96. The van der Waals surface area contributed by atoms with Gasteiger partial charge in [-0.2, -0.15) is 0 Å². The van der Waals surface area contributed by atoms with Gasteiger partial charge in [0.1, 0.15) is 11.5 Å². The van der Waals surface area contributed by atoms with E-state index < -0.39 is 0 Å². The molecule has 4 nitrogen and oxygen atoms in total. The first-order valence-corrected chi connectivity index (χ1v) is 8.00. The molecule has 0 atom stereocenters. The van der Waals surface area contributed by atoms with E-state index in [9.17, 15) is 0 Å². The SMILES string of the molecule is Cc1ccc(-c2nc3ccccc3c(CNc3ccncc3)c2F)o1. The van der Waals surface area contributed by atoms with Crippen molar-refractivity contribution in [2.45, 2.75) is 13.5 Å². The van der Waals surface area contributed by atoms with Gasteiger partial charge >= 0.3 is 0 Å². The van der Waals surface area contributed by atoms with E-state index in [-0.39, 0.29) is 11.5 Å². The molecule has 4 rings (SSSR count). The van der Waals surface area contributed by atoms with Gasteiger partial charge in [-0.1, -0.05) is 18.2 Å². The minimum Gasteiger partial charge on any atom is -0.460 e. The molecule has 1 N–H and O–H groups in total. The fraction of sp³-hybridized carbons (Fsp3) is 0.100. The van der Waals surface area contributed by atoms with Gasteiger partial charge in [0.2, 0.25) is 0 Å². The van der Waals surface area contributed by atoms with Crippen molar-refractivity contribution in [2.75, 3.05) is 5.32 Å². The minimum absolute atomic E-state index is 0.235. The highest BCUT2D eigenvalue weighted by Crippen LogP contribution is 2.30. The molecule has 0 aliphatic rings. The average Bonchev–Trinajstić information content (AvgIpc) is 3.07. The van der Waals surface area contributed by atoms with Crippen LogP contribution in [0.4, 0.5) is 10.1 Å². The van der Waals surface area contributed by atoms with Gasteiger partial charge in [0, 0.05) is 35.6 Å². The van der Waals surface area contributed by atoms with Crippen molar-refractivity contribution >= 4 is 16.6 Å². The maximum Gasteiger partial charge on any atom is 0.158 e. The maximum absolute atomic E-state index is 15.2. The van der Waals surface area contributed by atoms with Crippen LogP contribution >= 0.6 is 0 Å². The Morgan fingerprint density at radius 2 is 1.84 bits per heavy atom. The van der Waals surface area contributed by atoms with Crippen molar-refractivity contribution < 1.29 is 8.81 Å². The molecule has 0 spiro atoms. The molecule has 3 aromatic heterocycles. The summed E-state index contributed by atoms with van der Waals surface area (Å²) in [4.78, 5) is 8.45. The van der Waals surface area contributed by atoms with Crippen LogP contribution in [-0.2, 0) is 6.54 Å². The first kappa shape index (κ1) is 15.3. The van der Waals surface area contributed by atoms with E-state index in [1.807, 2.05) is 43.3 Å². The molecular weight excluding hydrogens is 317 g/mol. The van der Waals surface area contributed by atoms with Crippen LogP contribution in [0.15, 0.2) is 65.3 Å². The van der Waals surface area contributed by atoms with Crippen molar-refractivity contribution in [3.05, 3.63) is 78.1 Å². The minimum atomic E-state index is -0.366. The number of pyridine rings is 2. The van der Waals surface area contributed by atoms with Gasteiger partial charge < -0.3 is 9.73 Å². The van der Waals surface area contributed by atoms with E-state index in [4.69, 9.17) is 4.42 Å². The molecule has 0 fully saturated rings. The van der Waals surface area contributed by atoms with Gasteiger partial charge in [-0.05, 0) is 37.3 Å². The Morgan fingerprint density at radius 1 is 1.04 bits per heavy atom. The quantitative estimate of drug-likeness (QED) is 0.574. The molecule has 0 aliphatic carbocycles.